The fraction of sp³-hybridized carbons (Fsp3) is 0.417. The molecule has 3 aromatic carbocycles. The van der Waals surface area contributed by atoms with Gasteiger partial charge < -0.3 is 19.7 Å². The van der Waals surface area contributed by atoms with Crippen molar-refractivity contribution in [1.29, 1.82) is 0 Å². The average Bonchev–Trinajstić information content (AvgIpc) is 3.03. The van der Waals surface area contributed by atoms with Crippen molar-refractivity contribution in [2.75, 3.05) is 20.2 Å². The van der Waals surface area contributed by atoms with Crippen molar-refractivity contribution in [1.82, 2.24) is 10.2 Å². The molecule has 4 rings (SSSR count). The minimum Gasteiger partial charge on any atom is -0.489 e. The Bertz CT molecular complexity index is 1310. The predicted molar refractivity (Wildman–Crippen MR) is 168 cm³/mol. The third kappa shape index (κ3) is 9.98. The summed E-state index contributed by atoms with van der Waals surface area (Å²) in [5.74, 6) is 0.917. The van der Waals surface area contributed by atoms with Gasteiger partial charge in [0, 0.05) is 32.4 Å². The first-order valence-electron chi connectivity index (χ1n) is 15.3. The highest BCUT2D eigenvalue weighted by Crippen LogP contribution is 2.22. The zero-order valence-corrected chi connectivity index (χ0v) is 25.6. The average molecular weight is 585 g/mol. The molecule has 1 heterocycles. The molecule has 1 N–H and O–H groups in total. The molecule has 1 saturated heterocycles. The van der Waals surface area contributed by atoms with Crippen LogP contribution in [0.4, 0.5) is 0 Å². The van der Waals surface area contributed by atoms with E-state index in [0.717, 1.165) is 36.1 Å². The van der Waals surface area contributed by atoms with Gasteiger partial charge in [-0.05, 0) is 65.5 Å². The number of carbonyl (C=O) groups excluding carboxylic acids is 3. The van der Waals surface area contributed by atoms with Crippen LogP contribution in [0, 0.1) is 5.92 Å². The Hall–Kier alpha value is -4.13. The van der Waals surface area contributed by atoms with Crippen LogP contribution in [0.2, 0.25) is 0 Å². The molecule has 1 atom stereocenters. The predicted octanol–water partition coefficient (Wildman–Crippen LogP) is 5.85. The Morgan fingerprint density at radius 2 is 1.51 bits per heavy atom. The Balaban J connectivity index is 1.20. The van der Waals surface area contributed by atoms with E-state index in [1.807, 2.05) is 59.5 Å². The molecule has 0 spiro atoms. The maximum atomic E-state index is 12.9. The number of rotatable bonds is 13. The van der Waals surface area contributed by atoms with Gasteiger partial charge in [0.25, 0.3) is 0 Å². The van der Waals surface area contributed by atoms with Crippen LogP contribution in [0.5, 0.6) is 5.75 Å². The quantitative estimate of drug-likeness (QED) is 0.255. The summed E-state index contributed by atoms with van der Waals surface area (Å²) in [4.78, 5) is 40.2. The molecule has 228 valence electrons. The zero-order valence-electron chi connectivity index (χ0n) is 25.6. The zero-order chi connectivity index (χ0) is 30.6. The van der Waals surface area contributed by atoms with Gasteiger partial charge in [-0.15, -0.1) is 0 Å². The van der Waals surface area contributed by atoms with Crippen LogP contribution in [0.25, 0.3) is 0 Å². The number of likely N-dealkylation sites (tertiary alicyclic amines) is 1. The lowest BCUT2D eigenvalue weighted by Crippen LogP contribution is -2.44. The molecule has 0 aromatic heterocycles. The molecule has 0 bridgehead atoms. The maximum absolute atomic E-state index is 12.9. The van der Waals surface area contributed by atoms with E-state index < -0.39 is 12.0 Å². The molecule has 1 aliphatic rings. The molecule has 0 aliphatic carbocycles. The first-order chi connectivity index (χ1) is 20.8. The van der Waals surface area contributed by atoms with Gasteiger partial charge in [0.2, 0.25) is 11.8 Å². The molecule has 7 nitrogen and oxygen atoms in total. The van der Waals surface area contributed by atoms with Gasteiger partial charge in [0.15, 0.2) is 0 Å². The second-order valence-electron chi connectivity index (χ2n) is 11.7. The van der Waals surface area contributed by atoms with Crippen LogP contribution in [0.15, 0.2) is 78.9 Å². The number of esters is 1. The number of nitrogens with one attached hydrogen (secondary N) is 1. The van der Waals surface area contributed by atoms with Crippen molar-refractivity contribution in [3.05, 3.63) is 101 Å². The molecule has 0 unspecified atom stereocenters. The normalized spacial score (nSPS) is 14.3. The molecule has 43 heavy (non-hydrogen) atoms. The van der Waals surface area contributed by atoms with E-state index >= 15 is 0 Å². The van der Waals surface area contributed by atoms with Crippen LogP contribution in [-0.4, -0.2) is 48.9 Å². The molecular formula is C36H44N2O5. The van der Waals surface area contributed by atoms with E-state index in [4.69, 9.17) is 9.47 Å². The van der Waals surface area contributed by atoms with Gasteiger partial charge in [-0.3, -0.25) is 9.59 Å². The topological polar surface area (TPSA) is 84.9 Å². The third-order valence-electron chi connectivity index (χ3n) is 8.15. The number of piperidine rings is 1. The first kappa shape index (κ1) is 31.8. The van der Waals surface area contributed by atoms with Crippen molar-refractivity contribution in [3.8, 4) is 5.75 Å². The molecule has 0 saturated carbocycles. The Morgan fingerprint density at radius 3 is 2.14 bits per heavy atom. The fourth-order valence-corrected chi connectivity index (χ4v) is 5.41. The summed E-state index contributed by atoms with van der Waals surface area (Å²) < 4.78 is 10.8. The lowest BCUT2D eigenvalue weighted by molar-refractivity contribution is -0.145. The largest absolute Gasteiger partial charge is 0.489 e. The fourth-order valence-electron chi connectivity index (χ4n) is 5.41. The summed E-state index contributed by atoms with van der Waals surface area (Å²) in [5.41, 5.74) is 4.46. The van der Waals surface area contributed by atoms with Crippen molar-refractivity contribution in [2.45, 2.75) is 70.9 Å². The number of amides is 2. The smallest absolute Gasteiger partial charge is 0.328 e. The number of hydrogen-bond acceptors (Lipinski definition) is 5. The number of nitrogens with zero attached hydrogens (tertiary/aromatic N) is 1. The molecule has 2 amide bonds. The standard InChI is InChI=1S/C36H44N2O5/c1-26(2)31-14-9-27(10-15-31)13-18-35(40)38-21-19-29(20-22-38)24-34(39)37-33(36(41)42-3)23-28-11-16-32(17-12-28)43-25-30-7-5-4-6-8-30/h4-12,14-17,26,29,33H,13,18-25H2,1-3H3,(H,37,39)/t33-/m0/s1. The summed E-state index contributed by atoms with van der Waals surface area (Å²) >= 11 is 0. The van der Waals surface area contributed by atoms with Crippen molar-refractivity contribution in [2.24, 2.45) is 5.92 Å². The summed E-state index contributed by atoms with van der Waals surface area (Å²) in [6, 6.07) is 25.2. The third-order valence-corrected chi connectivity index (χ3v) is 8.15. The van der Waals surface area contributed by atoms with Crippen LogP contribution in [0.3, 0.4) is 0 Å². The van der Waals surface area contributed by atoms with Gasteiger partial charge in [-0.1, -0.05) is 80.6 Å². The van der Waals surface area contributed by atoms with E-state index in [9.17, 15) is 14.4 Å². The van der Waals surface area contributed by atoms with E-state index in [2.05, 4.69) is 43.4 Å². The minimum atomic E-state index is -0.773. The second kappa shape index (κ2) is 15.9. The van der Waals surface area contributed by atoms with Crippen molar-refractivity contribution >= 4 is 17.8 Å². The van der Waals surface area contributed by atoms with Gasteiger partial charge in [-0.2, -0.15) is 0 Å². The van der Waals surface area contributed by atoms with Crippen LogP contribution in [-0.2, 0) is 38.6 Å². The SMILES string of the molecule is COC(=O)[C@H](Cc1ccc(OCc2ccccc2)cc1)NC(=O)CC1CCN(C(=O)CCc2ccc(C(C)C)cc2)CC1. The Kier molecular flexibility index (Phi) is 11.8. The lowest BCUT2D eigenvalue weighted by Gasteiger charge is -2.32. The molecule has 0 radical (unpaired) electrons. The van der Waals surface area contributed by atoms with E-state index in [-0.39, 0.29) is 17.7 Å². The molecule has 3 aromatic rings. The van der Waals surface area contributed by atoms with Crippen molar-refractivity contribution < 1.29 is 23.9 Å². The van der Waals surface area contributed by atoms with Gasteiger partial charge in [-0.25, -0.2) is 4.79 Å². The number of hydrogen-bond donors (Lipinski definition) is 1. The lowest BCUT2D eigenvalue weighted by atomic mass is 9.92. The summed E-state index contributed by atoms with van der Waals surface area (Å²) in [6.45, 7) is 6.13. The molecule has 7 heteroatoms. The number of benzene rings is 3. The van der Waals surface area contributed by atoms with E-state index in [0.29, 0.717) is 44.9 Å². The van der Waals surface area contributed by atoms with E-state index in [1.54, 1.807) is 0 Å². The number of ether oxygens (including phenoxy) is 2. The highest BCUT2D eigenvalue weighted by atomic mass is 16.5. The maximum Gasteiger partial charge on any atom is 0.328 e. The first-order valence-corrected chi connectivity index (χ1v) is 15.3. The molecular weight excluding hydrogens is 540 g/mol. The number of methoxy groups -OCH3 is 1. The van der Waals surface area contributed by atoms with Crippen LogP contribution in [0.1, 0.15) is 67.7 Å². The molecule has 1 aliphatic heterocycles. The monoisotopic (exact) mass is 584 g/mol. The minimum absolute atomic E-state index is 0.165. The number of carbonyl (C=O) groups is 3. The van der Waals surface area contributed by atoms with Gasteiger partial charge in [0.05, 0.1) is 7.11 Å². The number of aryl methyl sites for hydroxylation is 1. The highest BCUT2D eigenvalue weighted by Gasteiger charge is 2.27. The van der Waals surface area contributed by atoms with Crippen LogP contribution < -0.4 is 10.1 Å². The van der Waals surface area contributed by atoms with Gasteiger partial charge >= 0.3 is 5.97 Å². The second-order valence-corrected chi connectivity index (χ2v) is 11.7. The van der Waals surface area contributed by atoms with E-state index in [1.165, 1.54) is 18.2 Å². The van der Waals surface area contributed by atoms with Crippen LogP contribution >= 0.6 is 0 Å². The van der Waals surface area contributed by atoms with Crippen molar-refractivity contribution in [3.63, 3.8) is 0 Å². The summed E-state index contributed by atoms with van der Waals surface area (Å²) in [6.07, 6.45) is 3.42. The summed E-state index contributed by atoms with van der Waals surface area (Å²) in [5, 5.41) is 2.88. The molecule has 1 fully saturated rings. The Labute approximate surface area is 255 Å². The van der Waals surface area contributed by atoms with Gasteiger partial charge in [0.1, 0.15) is 18.4 Å². The Morgan fingerprint density at radius 1 is 0.860 bits per heavy atom. The summed E-state index contributed by atoms with van der Waals surface area (Å²) in [7, 11) is 1.33. The highest BCUT2D eigenvalue weighted by molar-refractivity contribution is 5.84.